The summed E-state index contributed by atoms with van der Waals surface area (Å²) in [4.78, 5) is 26.1. The summed E-state index contributed by atoms with van der Waals surface area (Å²) >= 11 is 0. The molecule has 1 saturated heterocycles. The van der Waals surface area contributed by atoms with E-state index in [9.17, 15) is 14.0 Å². The first-order chi connectivity index (χ1) is 9.77. The van der Waals surface area contributed by atoms with Gasteiger partial charge in [0.25, 0.3) is 0 Å². The maximum atomic E-state index is 12.9. The zero-order valence-corrected chi connectivity index (χ0v) is 12.6. The Bertz CT molecular complexity index is 534. The summed E-state index contributed by atoms with van der Waals surface area (Å²) in [6.07, 6.45) is 0.291. The van der Waals surface area contributed by atoms with Crippen LogP contribution >= 0.6 is 0 Å². The first-order valence-corrected chi connectivity index (χ1v) is 7.10. The monoisotopic (exact) mass is 292 g/mol. The fourth-order valence-corrected chi connectivity index (χ4v) is 2.38. The molecule has 2 rings (SSSR count). The Hall–Kier alpha value is -1.91. The second-order valence-corrected chi connectivity index (χ2v) is 6.50. The van der Waals surface area contributed by atoms with E-state index in [1.165, 1.54) is 12.1 Å². The lowest BCUT2D eigenvalue weighted by molar-refractivity contribution is -0.136. The fraction of sp³-hybridized carbons (Fsp3) is 0.500. The van der Waals surface area contributed by atoms with Crippen LogP contribution < -0.4 is 5.32 Å². The Morgan fingerprint density at radius 3 is 2.43 bits per heavy atom. The van der Waals surface area contributed by atoms with Crippen LogP contribution in [0, 0.1) is 11.2 Å². The highest BCUT2D eigenvalue weighted by atomic mass is 19.1. The fourth-order valence-electron chi connectivity index (χ4n) is 2.38. The van der Waals surface area contributed by atoms with Crippen molar-refractivity contribution in [1.82, 2.24) is 10.2 Å². The van der Waals surface area contributed by atoms with Crippen LogP contribution in [-0.2, 0) is 16.1 Å². The van der Waals surface area contributed by atoms with Crippen molar-refractivity contribution in [2.75, 3.05) is 6.54 Å². The number of halogens is 1. The van der Waals surface area contributed by atoms with Crippen LogP contribution in [0.2, 0.25) is 0 Å². The topological polar surface area (TPSA) is 49.4 Å². The summed E-state index contributed by atoms with van der Waals surface area (Å²) in [7, 11) is 0. The van der Waals surface area contributed by atoms with E-state index in [0.717, 1.165) is 5.56 Å². The summed E-state index contributed by atoms with van der Waals surface area (Å²) < 4.78 is 12.9. The molecule has 1 heterocycles. The predicted molar refractivity (Wildman–Crippen MR) is 77.8 cm³/mol. The molecule has 1 aromatic carbocycles. The molecule has 1 aliphatic heterocycles. The lowest BCUT2D eigenvalue weighted by Gasteiger charge is -2.32. The summed E-state index contributed by atoms with van der Waals surface area (Å²) in [6.45, 7) is 6.56. The van der Waals surface area contributed by atoms with Crippen molar-refractivity contribution in [2.45, 2.75) is 39.8 Å². The molecule has 114 valence electrons. The van der Waals surface area contributed by atoms with Gasteiger partial charge >= 0.3 is 0 Å². The summed E-state index contributed by atoms with van der Waals surface area (Å²) in [5.74, 6) is -0.493. The number of hydrogen-bond acceptors (Lipinski definition) is 2. The second-order valence-electron chi connectivity index (χ2n) is 6.50. The number of carbonyl (C=O) groups excluding carboxylic acids is 2. The van der Waals surface area contributed by atoms with E-state index in [4.69, 9.17) is 0 Å². The van der Waals surface area contributed by atoms with Crippen molar-refractivity contribution in [2.24, 2.45) is 5.41 Å². The molecule has 1 atom stereocenters. The summed E-state index contributed by atoms with van der Waals surface area (Å²) in [5.41, 5.74) is 0.504. The van der Waals surface area contributed by atoms with E-state index in [0.29, 0.717) is 19.5 Å². The zero-order valence-electron chi connectivity index (χ0n) is 12.6. The van der Waals surface area contributed by atoms with Crippen molar-refractivity contribution < 1.29 is 14.0 Å². The van der Waals surface area contributed by atoms with Gasteiger partial charge in [-0.25, -0.2) is 4.39 Å². The average molecular weight is 292 g/mol. The molecule has 0 bridgehead atoms. The minimum atomic E-state index is -0.534. The Labute approximate surface area is 124 Å². The molecular weight excluding hydrogens is 271 g/mol. The van der Waals surface area contributed by atoms with Crippen molar-refractivity contribution in [3.8, 4) is 0 Å². The zero-order chi connectivity index (χ0) is 15.6. The Kier molecular flexibility index (Phi) is 4.30. The minimum Gasteiger partial charge on any atom is -0.344 e. The first-order valence-electron chi connectivity index (χ1n) is 7.10. The predicted octanol–water partition coefficient (Wildman–Crippen LogP) is 2.09. The number of hydrogen-bond donors (Lipinski definition) is 1. The molecule has 0 spiro atoms. The highest BCUT2D eigenvalue weighted by molar-refractivity contribution is 5.90. The molecule has 1 fully saturated rings. The van der Waals surface area contributed by atoms with Crippen LogP contribution in [0.25, 0.3) is 0 Å². The molecule has 0 aromatic heterocycles. The first kappa shape index (κ1) is 15.5. The van der Waals surface area contributed by atoms with Crippen LogP contribution in [-0.4, -0.2) is 29.3 Å². The van der Waals surface area contributed by atoms with Crippen LogP contribution in [0.3, 0.4) is 0 Å². The van der Waals surface area contributed by atoms with E-state index in [2.05, 4.69) is 5.32 Å². The van der Waals surface area contributed by atoms with Crippen molar-refractivity contribution >= 4 is 11.8 Å². The SMILES string of the molecule is CC(C)(C)C1NC(=O)CCN(Cc2ccc(F)cc2)C1=O. The van der Waals surface area contributed by atoms with Gasteiger partial charge in [0.05, 0.1) is 0 Å². The maximum Gasteiger partial charge on any atom is 0.246 e. The molecule has 1 unspecified atom stereocenters. The summed E-state index contributed by atoms with van der Waals surface area (Å²) in [5, 5.41) is 2.80. The molecule has 0 radical (unpaired) electrons. The molecule has 21 heavy (non-hydrogen) atoms. The number of rotatable bonds is 2. The van der Waals surface area contributed by atoms with E-state index in [1.54, 1.807) is 17.0 Å². The van der Waals surface area contributed by atoms with Gasteiger partial charge in [0.2, 0.25) is 11.8 Å². The third-order valence-corrected chi connectivity index (χ3v) is 3.63. The molecule has 1 aromatic rings. The standard InChI is InChI=1S/C16H21FN2O2/c1-16(2,3)14-15(21)19(9-8-13(20)18-14)10-11-4-6-12(17)7-5-11/h4-7,14H,8-10H2,1-3H3,(H,18,20). The number of nitrogens with one attached hydrogen (secondary N) is 1. The van der Waals surface area contributed by atoms with Gasteiger partial charge < -0.3 is 10.2 Å². The van der Waals surface area contributed by atoms with Crippen LogP contribution in [0.1, 0.15) is 32.8 Å². The molecule has 1 N–H and O–H groups in total. The number of carbonyl (C=O) groups is 2. The van der Waals surface area contributed by atoms with Gasteiger partial charge in [0, 0.05) is 19.5 Å². The third-order valence-electron chi connectivity index (χ3n) is 3.63. The van der Waals surface area contributed by atoms with Gasteiger partial charge in [-0.3, -0.25) is 9.59 Å². The van der Waals surface area contributed by atoms with Crippen LogP contribution in [0.5, 0.6) is 0 Å². The molecule has 0 saturated carbocycles. The Morgan fingerprint density at radius 2 is 1.86 bits per heavy atom. The highest BCUT2D eigenvalue weighted by Gasteiger charge is 2.37. The van der Waals surface area contributed by atoms with Crippen molar-refractivity contribution in [3.63, 3.8) is 0 Å². The smallest absolute Gasteiger partial charge is 0.246 e. The van der Waals surface area contributed by atoms with Gasteiger partial charge in [0.15, 0.2) is 0 Å². The number of benzene rings is 1. The van der Waals surface area contributed by atoms with Gasteiger partial charge in [-0.05, 0) is 23.1 Å². The molecule has 5 heteroatoms. The molecule has 4 nitrogen and oxygen atoms in total. The maximum absolute atomic E-state index is 12.9. The Balaban J connectivity index is 2.19. The largest absolute Gasteiger partial charge is 0.344 e. The molecule has 0 aliphatic carbocycles. The van der Waals surface area contributed by atoms with E-state index < -0.39 is 6.04 Å². The second kappa shape index (κ2) is 5.84. The van der Waals surface area contributed by atoms with Crippen LogP contribution in [0.15, 0.2) is 24.3 Å². The average Bonchev–Trinajstić information content (AvgIpc) is 2.54. The van der Waals surface area contributed by atoms with Crippen LogP contribution in [0.4, 0.5) is 4.39 Å². The highest BCUT2D eigenvalue weighted by Crippen LogP contribution is 2.23. The van der Waals surface area contributed by atoms with E-state index in [-0.39, 0.29) is 23.0 Å². The van der Waals surface area contributed by atoms with Gasteiger partial charge in [-0.15, -0.1) is 0 Å². The molecular formula is C16H21FN2O2. The lowest BCUT2D eigenvalue weighted by atomic mass is 9.86. The van der Waals surface area contributed by atoms with Crippen molar-refractivity contribution in [3.05, 3.63) is 35.6 Å². The van der Waals surface area contributed by atoms with Gasteiger partial charge in [-0.1, -0.05) is 32.9 Å². The number of amides is 2. The van der Waals surface area contributed by atoms with E-state index in [1.807, 2.05) is 20.8 Å². The third kappa shape index (κ3) is 3.80. The van der Waals surface area contributed by atoms with E-state index >= 15 is 0 Å². The lowest BCUT2D eigenvalue weighted by Crippen LogP contribution is -2.51. The number of nitrogens with zero attached hydrogens (tertiary/aromatic N) is 1. The normalized spacial score (nSPS) is 20.2. The molecule has 2 amide bonds. The Morgan fingerprint density at radius 1 is 1.24 bits per heavy atom. The van der Waals surface area contributed by atoms with Gasteiger partial charge in [-0.2, -0.15) is 0 Å². The summed E-state index contributed by atoms with van der Waals surface area (Å²) in [6, 6.07) is 5.54. The van der Waals surface area contributed by atoms with Gasteiger partial charge in [0.1, 0.15) is 11.9 Å². The minimum absolute atomic E-state index is 0.0855. The molecule has 1 aliphatic rings. The quantitative estimate of drug-likeness (QED) is 0.907. The van der Waals surface area contributed by atoms with Crippen molar-refractivity contribution in [1.29, 1.82) is 0 Å².